The molecule has 0 aromatic heterocycles. The van der Waals surface area contributed by atoms with E-state index in [1.54, 1.807) is 0 Å². The molecule has 116 valence electrons. The van der Waals surface area contributed by atoms with Crippen molar-refractivity contribution in [3.63, 3.8) is 0 Å². The lowest BCUT2D eigenvalue weighted by Gasteiger charge is -2.29. The Morgan fingerprint density at radius 3 is 2.24 bits per heavy atom. The maximum absolute atomic E-state index is 10.7. The van der Waals surface area contributed by atoms with E-state index in [1.165, 1.54) is 69.8 Å². The van der Waals surface area contributed by atoms with Crippen LogP contribution in [0.25, 0.3) is 0 Å². The third kappa shape index (κ3) is 5.30. The van der Waals surface area contributed by atoms with Crippen molar-refractivity contribution in [2.75, 3.05) is 0 Å². The molecule has 21 heavy (non-hydrogen) atoms. The van der Waals surface area contributed by atoms with Crippen molar-refractivity contribution in [1.29, 1.82) is 0 Å². The average molecular weight is 286 g/mol. The number of rotatable bonds is 8. The van der Waals surface area contributed by atoms with Gasteiger partial charge in [0.2, 0.25) is 0 Å². The van der Waals surface area contributed by atoms with Crippen LogP contribution in [-0.2, 0) is 0 Å². The fourth-order valence-electron chi connectivity index (χ4n) is 3.67. The van der Waals surface area contributed by atoms with Gasteiger partial charge in [-0.2, -0.15) is 0 Å². The van der Waals surface area contributed by atoms with Crippen molar-refractivity contribution in [1.82, 2.24) is 0 Å². The van der Waals surface area contributed by atoms with Crippen LogP contribution >= 0.6 is 0 Å². The van der Waals surface area contributed by atoms with Crippen LogP contribution in [0.5, 0.6) is 0 Å². The number of carbonyl (C=O) groups is 1. The van der Waals surface area contributed by atoms with E-state index in [0.29, 0.717) is 0 Å². The van der Waals surface area contributed by atoms with Crippen molar-refractivity contribution >= 4 is 6.29 Å². The first-order chi connectivity index (χ1) is 10.3. The van der Waals surface area contributed by atoms with Crippen molar-refractivity contribution < 1.29 is 4.79 Å². The van der Waals surface area contributed by atoms with E-state index in [-0.39, 0.29) is 0 Å². The molecule has 0 saturated heterocycles. The zero-order chi connectivity index (χ0) is 14.9. The normalized spacial score (nSPS) is 22.1. The summed E-state index contributed by atoms with van der Waals surface area (Å²) in [5, 5.41) is 0. The Balaban J connectivity index is 1.68. The Morgan fingerprint density at radius 1 is 0.952 bits per heavy atom. The third-order valence-corrected chi connectivity index (χ3v) is 5.11. The molecule has 1 heteroatoms. The molecule has 0 aliphatic heterocycles. The van der Waals surface area contributed by atoms with Gasteiger partial charge >= 0.3 is 0 Å². The highest BCUT2D eigenvalue weighted by atomic mass is 16.1. The fourth-order valence-corrected chi connectivity index (χ4v) is 3.67. The van der Waals surface area contributed by atoms with E-state index in [1.807, 2.05) is 12.1 Å². The summed E-state index contributed by atoms with van der Waals surface area (Å²) in [7, 11) is 0. The maximum atomic E-state index is 10.7. The summed E-state index contributed by atoms with van der Waals surface area (Å²) in [5.41, 5.74) is 2.22. The molecule has 1 nitrogen and oxygen atoms in total. The summed E-state index contributed by atoms with van der Waals surface area (Å²) >= 11 is 0. The molecule has 1 aromatic carbocycles. The lowest BCUT2D eigenvalue weighted by Crippen LogP contribution is -2.13. The van der Waals surface area contributed by atoms with Gasteiger partial charge < -0.3 is 0 Å². The monoisotopic (exact) mass is 286 g/mol. The Hall–Kier alpha value is -1.11. The van der Waals surface area contributed by atoms with E-state index >= 15 is 0 Å². The number of unbranched alkanes of at least 4 members (excludes halogenated alkanes) is 4. The summed E-state index contributed by atoms with van der Waals surface area (Å²) in [6, 6.07) is 8.23. The predicted octanol–water partition coefficient (Wildman–Crippen LogP) is 6.13. The lowest BCUT2D eigenvalue weighted by molar-refractivity contribution is 0.112. The standard InChI is InChI=1S/C20H30O/c1-2-3-4-5-6-7-17-8-12-19(13-9-17)20-14-10-18(16-21)11-15-20/h10-11,14-17,19H,2-9,12-13H2,1H3. The van der Waals surface area contributed by atoms with Crippen molar-refractivity contribution in [2.24, 2.45) is 5.92 Å². The zero-order valence-corrected chi connectivity index (χ0v) is 13.5. The van der Waals surface area contributed by atoms with Gasteiger partial charge in [0.1, 0.15) is 6.29 Å². The minimum Gasteiger partial charge on any atom is -0.298 e. The van der Waals surface area contributed by atoms with Crippen molar-refractivity contribution in [3.8, 4) is 0 Å². The fraction of sp³-hybridized carbons (Fsp3) is 0.650. The number of benzene rings is 1. The van der Waals surface area contributed by atoms with E-state index in [4.69, 9.17) is 0 Å². The molecule has 0 radical (unpaired) electrons. The summed E-state index contributed by atoms with van der Waals surface area (Å²) in [6.07, 6.45) is 14.9. The number of aldehydes is 1. The van der Waals surface area contributed by atoms with Gasteiger partial charge in [0.15, 0.2) is 0 Å². The molecule has 0 spiro atoms. The van der Waals surface area contributed by atoms with Gasteiger partial charge in [-0.05, 0) is 43.1 Å². The first-order valence-electron chi connectivity index (χ1n) is 8.88. The molecule has 1 fully saturated rings. The highest BCUT2D eigenvalue weighted by Gasteiger charge is 2.21. The molecule has 1 aliphatic carbocycles. The van der Waals surface area contributed by atoms with Crippen LogP contribution in [0.3, 0.4) is 0 Å². The van der Waals surface area contributed by atoms with Crippen molar-refractivity contribution in [2.45, 2.75) is 77.0 Å². The predicted molar refractivity (Wildman–Crippen MR) is 89.9 cm³/mol. The Labute approximate surface area is 130 Å². The second-order valence-electron chi connectivity index (χ2n) is 6.71. The van der Waals surface area contributed by atoms with Crippen LogP contribution in [0.2, 0.25) is 0 Å². The summed E-state index contributed by atoms with van der Waals surface area (Å²) in [6.45, 7) is 2.28. The molecule has 0 atom stereocenters. The Morgan fingerprint density at radius 2 is 1.62 bits per heavy atom. The zero-order valence-electron chi connectivity index (χ0n) is 13.5. The molecule has 0 heterocycles. The minimum absolute atomic E-state index is 0.724. The third-order valence-electron chi connectivity index (χ3n) is 5.11. The number of hydrogen-bond acceptors (Lipinski definition) is 1. The Bertz CT molecular complexity index is 398. The van der Waals surface area contributed by atoms with Crippen LogP contribution in [0, 0.1) is 5.92 Å². The van der Waals surface area contributed by atoms with Gasteiger partial charge in [0.25, 0.3) is 0 Å². The molecular formula is C20H30O. The number of carbonyl (C=O) groups excluding carboxylic acids is 1. The average Bonchev–Trinajstić information content (AvgIpc) is 2.55. The summed E-state index contributed by atoms with van der Waals surface area (Å²) in [5.74, 6) is 1.69. The van der Waals surface area contributed by atoms with Crippen LogP contribution < -0.4 is 0 Å². The van der Waals surface area contributed by atoms with Gasteiger partial charge in [-0.15, -0.1) is 0 Å². The highest BCUT2D eigenvalue weighted by Crippen LogP contribution is 2.37. The summed E-state index contributed by atoms with van der Waals surface area (Å²) in [4.78, 5) is 10.7. The summed E-state index contributed by atoms with van der Waals surface area (Å²) < 4.78 is 0. The molecule has 0 amide bonds. The second-order valence-corrected chi connectivity index (χ2v) is 6.71. The maximum Gasteiger partial charge on any atom is 0.150 e. The molecule has 1 saturated carbocycles. The molecule has 1 aliphatic rings. The molecule has 2 rings (SSSR count). The quantitative estimate of drug-likeness (QED) is 0.415. The topological polar surface area (TPSA) is 17.1 Å². The second kappa shape index (κ2) is 9.02. The molecule has 0 unspecified atom stereocenters. The minimum atomic E-state index is 0.724. The number of hydrogen-bond donors (Lipinski definition) is 0. The van der Waals surface area contributed by atoms with Crippen molar-refractivity contribution in [3.05, 3.63) is 35.4 Å². The van der Waals surface area contributed by atoms with Crippen LogP contribution in [0.15, 0.2) is 24.3 Å². The lowest BCUT2D eigenvalue weighted by atomic mass is 9.77. The van der Waals surface area contributed by atoms with E-state index in [9.17, 15) is 4.79 Å². The molecule has 0 bridgehead atoms. The van der Waals surface area contributed by atoms with E-state index in [2.05, 4.69) is 19.1 Å². The largest absolute Gasteiger partial charge is 0.298 e. The first-order valence-corrected chi connectivity index (χ1v) is 8.88. The SMILES string of the molecule is CCCCCCCC1CCC(c2ccc(C=O)cc2)CC1. The van der Waals surface area contributed by atoms with Gasteiger partial charge in [-0.25, -0.2) is 0 Å². The highest BCUT2D eigenvalue weighted by molar-refractivity contribution is 5.74. The van der Waals surface area contributed by atoms with E-state index < -0.39 is 0 Å². The first kappa shape index (κ1) is 16.3. The van der Waals surface area contributed by atoms with Gasteiger partial charge in [-0.1, -0.05) is 69.7 Å². The Kier molecular flexibility index (Phi) is 6.99. The van der Waals surface area contributed by atoms with Gasteiger partial charge in [0.05, 0.1) is 0 Å². The molecular weight excluding hydrogens is 256 g/mol. The molecule has 1 aromatic rings. The smallest absolute Gasteiger partial charge is 0.150 e. The van der Waals surface area contributed by atoms with Crippen LogP contribution in [0.4, 0.5) is 0 Å². The van der Waals surface area contributed by atoms with Gasteiger partial charge in [-0.3, -0.25) is 4.79 Å². The van der Waals surface area contributed by atoms with Crippen LogP contribution in [-0.4, -0.2) is 6.29 Å². The molecule has 0 N–H and O–H groups in total. The van der Waals surface area contributed by atoms with E-state index in [0.717, 1.165) is 23.7 Å². The van der Waals surface area contributed by atoms with Gasteiger partial charge in [0, 0.05) is 5.56 Å². The van der Waals surface area contributed by atoms with Crippen LogP contribution in [0.1, 0.15) is 93.0 Å².